The molecule has 272 valence electrons. The largest absolute Gasteiger partial charge is 0.462 e. The highest BCUT2D eigenvalue weighted by atomic mass is 16.6. The maximum Gasteiger partial charge on any atom is 0.306 e. The van der Waals surface area contributed by atoms with Gasteiger partial charge in [0.2, 0.25) is 0 Å². The van der Waals surface area contributed by atoms with Gasteiger partial charge in [-0.05, 0) is 44.9 Å². The van der Waals surface area contributed by atoms with Crippen molar-refractivity contribution in [3.05, 3.63) is 12.2 Å². The molecule has 0 spiro atoms. The van der Waals surface area contributed by atoms with E-state index in [0.29, 0.717) is 26.1 Å². The summed E-state index contributed by atoms with van der Waals surface area (Å²) in [6.07, 6.45) is 39.2. The Labute approximate surface area is 286 Å². The van der Waals surface area contributed by atoms with Crippen molar-refractivity contribution < 1.29 is 23.8 Å². The molecule has 5 heteroatoms. The molecule has 0 saturated heterocycles. The van der Waals surface area contributed by atoms with Crippen LogP contribution in [0.4, 0.5) is 0 Å². The van der Waals surface area contributed by atoms with Crippen LogP contribution in [0.5, 0.6) is 0 Å². The molecule has 0 aromatic rings. The maximum absolute atomic E-state index is 12.5. The first kappa shape index (κ1) is 44.6. The van der Waals surface area contributed by atoms with Crippen molar-refractivity contribution in [3.63, 3.8) is 0 Å². The Hall–Kier alpha value is -1.36. The van der Waals surface area contributed by atoms with Gasteiger partial charge in [-0.25, -0.2) is 0 Å². The first-order valence-corrected chi connectivity index (χ1v) is 20.2. The Balaban J connectivity index is 4.12. The molecule has 1 atom stereocenters. The Kier molecular flexibility index (Phi) is 37.0. The quantitative estimate of drug-likeness (QED) is 0.0380. The smallest absolute Gasteiger partial charge is 0.306 e. The van der Waals surface area contributed by atoms with E-state index in [9.17, 15) is 9.59 Å². The molecule has 0 aromatic heterocycles. The van der Waals surface area contributed by atoms with Crippen LogP contribution in [0.1, 0.15) is 213 Å². The number of carbonyl (C=O) groups excluding carboxylic acids is 2. The molecule has 0 aliphatic rings. The van der Waals surface area contributed by atoms with E-state index in [2.05, 4.69) is 32.9 Å². The molecule has 0 saturated carbocycles. The summed E-state index contributed by atoms with van der Waals surface area (Å²) in [6.45, 7) is 7.77. The number of carbonyl (C=O) groups is 2. The molecule has 0 rings (SSSR count). The van der Waals surface area contributed by atoms with Crippen LogP contribution in [0, 0.1) is 0 Å². The Morgan fingerprint density at radius 3 is 1.33 bits per heavy atom. The highest BCUT2D eigenvalue weighted by molar-refractivity contribution is 5.70. The summed E-state index contributed by atoms with van der Waals surface area (Å²) in [5.74, 6) is -0.406. The average Bonchev–Trinajstić information content (AvgIpc) is 3.05. The summed E-state index contributed by atoms with van der Waals surface area (Å²) < 4.78 is 17.1. The maximum atomic E-state index is 12.5. The number of esters is 2. The zero-order valence-electron chi connectivity index (χ0n) is 31.1. The summed E-state index contributed by atoms with van der Waals surface area (Å²) in [5, 5.41) is 0. The van der Waals surface area contributed by atoms with Gasteiger partial charge >= 0.3 is 11.9 Å². The van der Waals surface area contributed by atoms with Crippen molar-refractivity contribution in [2.75, 3.05) is 19.8 Å². The topological polar surface area (TPSA) is 61.8 Å². The lowest BCUT2D eigenvalue weighted by Gasteiger charge is -2.18. The lowest BCUT2D eigenvalue weighted by molar-refractivity contribution is -0.163. The minimum atomic E-state index is -0.524. The van der Waals surface area contributed by atoms with Crippen LogP contribution in [0.3, 0.4) is 0 Å². The molecule has 0 fully saturated rings. The van der Waals surface area contributed by atoms with Crippen molar-refractivity contribution >= 4 is 11.9 Å². The van der Waals surface area contributed by atoms with Crippen molar-refractivity contribution in [1.82, 2.24) is 0 Å². The van der Waals surface area contributed by atoms with E-state index in [1.807, 2.05) is 0 Å². The van der Waals surface area contributed by atoms with Crippen LogP contribution >= 0.6 is 0 Å². The van der Waals surface area contributed by atoms with Crippen molar-refractivity contribution in [2.45, 2.75) is 219 Å². The van der Waals surface area contributed by atoms with Gasteiger partial charge in [-0.2, -0.15) is 0 Å². The second-order valence-corrected chi connectivity index (χ2v) is 13.6. The average molecular weight is 651 g/mol. The summed E-state index contributed by atoms with van der Waals surface area (Å²) in [6, 6.07) is 0. The van der Waals surface area contributed by atoms with Gasteiger partial charge in [0.15, 0.2) is 6.10 Å². The molecule has 0 aliphatic carbocycles. The van der Waals surface area contributed by atoms with Crippen molar-refractivity contribution in [1.29, 1.82) is 0 Å². The van der Waals surface area contributed by atoms with Crippen molar-refractivity contribution in [3.8, 4) is 0 Å². The van der Waals surface area contributed by atoms with E-state index in [0.717, 1.165) is 44.9 Å². The summed E-state index contributed by atoms with van der Waals surface area (Å²) >= 11 is 0. The zero-order valence-corrected chi connectivity index (χ0v) is 31.1. The molecular formula is C41H78O5. The van der Waals surface area contributed by atoms with Crippen LogP contribution in [0.25, 0.3) is 0 Å². The number of hydrogen-bond acceptors (Lipinski definition) is 5. The highest BCUT2D eigenvalue weighted by Gasteiger charge is 2.17. The Bertz CT molecular complexity index is 661. The van der Waals surface area contributed by atoms with E-state index in [-0.39, 0.29) is 18.5 Å². The third kappa shape index (κ3) is 35.5. The molecular weight excluding hydrogens is 572 g/mol. The first-order chi connectivity index (χ1) is 22.6. The molecule has 46 heavy (non-hydrogen) atoms. The van der Waals surface area contributed by atoms with E-state index in [1.54, 1.807) is 0 Å². The number of rotatable bonds is 37. The molecule has 0 N–H and O–H groups in total. The molecule has 0 bridgehead atoms. The number of hydrogen-bond donors (Lipinski definition) is 0. The number of unbranched alkanes of at least 4 members (excludes halogenated alkanes) is 24. The van der Waals surface area contributed by atoms with Crippen molar-refractivity contribution in [2.24, 2.45) is 0 Å². The summed E-state index contributed by atoms with van der Waals surface area (Å²) in [4.78, 5) is 24.9. The molecule has 0 aromatic carbocycles. The van der Waals surface area contributed by atoms with Crippen LogP contribution in [0.15, 0.2) is 12.2 Å². The van der Waals surface area contributed by atoms with Crippen LogP contribution in [0.2, 0.25) is 0 Å². The van der Waals surface area contributed by atoms with E-state index < -0.39 is 6.10 Å². The van der Waals surface area contributed by atoms with Gasteiger partial charge in [-0.3, -0.25) is 9.59 Å². The predicted octanol–water partition coefficient (Wildman–Crippen LogP) is 12.8. The predicted molar refractivity (Wildman–Crippen MR) is 196 cm³/mol. The minimum absolute atomic E-state index is 0.0874. The SMILES string of the molecule is CCCCCCCC/C=C\CCCCCCCC(=O)OCC(COCCCCCCCCCC)OC(=O)CCCCCCCCC. The fourth-order valence-corrected chi connectivity index (χ4v) is 5.74. The van der Waals surface area contributed by atoms with Gasteiger partial charge < -0.3 is 14.2 Å². The Morgan fingerprint density at radius 1 is 0.457 bits per heavy atom. The molecule has 1 unspecified atom stereocenters. The van der Waals surface area contributed by atoms with Crippen LogP contribution in [-0.4, -0.2) is 37.9 Å². The number of ether oxygens (including phenoxy) is 3. The fourth-order valence-electron chi connectivity index (χ4n) is 5.74. The Morgan fingerprint density at radius 2 is 0.848 bits per heavy atom. The van der Waals surface area contributed by atoms with Gasteiger partial charge in [-0.1, -0.05) is 168 Å². The minimum Gasteiger partial charge on any atom is -0.462 e. The van der Waals surface area contributed by atoms with Gasteiger partial charge in [0.25, 0.3) is 0 Å². The lowest BCUT2D eigenvalue weighted by atomic mass is 10.1. The van der Waals surface area contributed by atoms with Gasteiger partial charge in [0.05, 0.1) is 6.61 Å². The standard InChI is InChI=1S/C41H78O5/c1-4-7-10-13-16-18-19-20-21-22-23-24-26-28-31-34-40(42)45-38-39(37-44-36-33-30-27-17-14-11-8-5-2)46-41(43)35-32-29-25-15-12-9-6-3/h20-21,39H,4-19,22-38H2,1-3H3/b21-20-. The van der Waals surface area contributed by atoms with E-state index in [4.69, 9.17) is 14.2 Å². The normalized spacial score (nSPS) is 12.2. The van der Waals surface area contributed by atoms with Crippen LogP contribution in [-0.2, 0) is 23.8 Å². The second-order valence-electron chi connectivity index (χ2n) is 13.6. The monoisotopic (exact) mass is 651 g/mol. The van der Waals surface area contributed by atoms with Gasteiger partial charge in [-0.15, -0.1) is 0 Å². The van der Waals surface area contributed by atoms with E-state index in [1.165, 1.54) is 135 Å². The first-order valence-electron chi connectivity index (χ1n) is 20.2. The van der Waals surface area contributed by atoms with Gasteiger partial charge in [0.1, 0.15) is 6.61 Å². The molecule has 0 heterocycles. The number of allylic oxidation sites excluding steroid dienone is 2. The van der Waals surface area contributed by atoms with E-state index >= 15 is 0 Å². The summed E-state index contributed by atoms with van der Waals surface area (Å²) in [7, 11) is 0. The fraction of sp³-hybridized carbons (Fsp3) is 0.902. The van der Waals surface area contributed by atoms with Gasteiger partial charge in [0, 0.05) is 19.4 Å². The molecule has 0 radical (unpaired) electrons. The molecule has 0 amide bonds. The third-order valence-corrected chi connectivity index (χ3v) is 8.80. The lowest BCUT2D eigenvalue weighted by Crippen LogP contribution is -2.30. The highest BCUT2D eigenvalue weighted by Crippen LogP contribution is 2.13. The molecule has 0 aliphatic heterocycles. The zero-order chi connectivity index (χ0) is 33.6. The van der Waals surface area contributed by atoms with Crippen LogP contribution < -0.4 is 0 Å². The second kappa shape index (κ2) is 38.1. The molecule has 5 nitrogen and oxygen atoms in total. The third-order valence-electron chi connectivity index (χ3n) is 8.80. The summed E-state index contributed by atoms with van der Waals surface area (Å²) in [5.41, 5.74) is 0.